The van der Waals surface area contributed by atoms with E-state index in [1.807, 2.05) is 0 Å². The van der Waals surface area contributed by atoms with Gasteiger partial charge < -0.3 is 15.0 Å². The van der Waals surface area contributed by atoms with E-state index in [1.54, 1.807) is 0 Å². The first-order valence-electron chi connectivity index (χ1n) is 8.17. The maximum absolute atomic E-state index is 5.88. The zero-order valence-electron chi connectivity index (χ0n) is 13.2. The Bertz CT molecular complexity index is 284. The van der Waals surface area contributed by atoms with Gasteiger partial charge in [-0.05, 0) is 46.2 Å². The molecule has 0 aromatic rings. The molecular formula is C16H32N2O. The van der Waals surface area contributed by atoms with Gasteiger partial charge in [0.2, 0.25) is 0 Å². The second kappa shape index (κ2) is 6.55. The Hall–Kier alpha value is -0.120. The molecule has 3 nitrogen and oxygen atoms in total. The number of likely N-dealkylation sites (tertiary alicyclic amines) is 1. The van der Waals surface area contributed by atoms with Crippen LogP contribution in [0.15, 0.2) is 0 Å². The summed E-state index contributed by atoms with van der Waals surface area (Å²) in [5.74, 6) is 0. The molecule has 1 N–H and O–H groups in total. The molecule has 2 aliphatic rings. The molecule has 0 amide bonds. The zero-order chi connectivity index (χ0) is 13.9. The van der Waals surface area contributed by atoms with Gasteiger partial charge in [-0.15, -0.1) is 0 Å². The van der Waals surface area contributed by atoms with Crippen molar-refractivity contribution in [2.75, 3.05) is 26.7 Å². The number of hydrogen-bond donors (Lipinski definition) is 1. The molecule has 2 rings (SSSR count). The Labute approximate surface area is 119 Å². The topological polar surface area (TPSA) is 24.5 Å². The Balaban J connectivity index is 1.80. The summed E-state index contributed by atoms with van der Waals surface area (Å²) in [5, 5.41) is 3.83. The monoisotopic (exact) mass is 268 g/mol. The lowest BCUT2D eigenvalue weighted by Crippen LogP contribution is -2.63. The summed E-state index contributed by atoms with van der Waals surface area (Å²) < 4.78 is 5.88. The largest absolute Gasteiger partial charge is 0.378 e. The van der Waals surface area contributed by atoms with Gasteiger partial charge in [0.15, 0.2) is 0 Å². The van der Waals surface area contributed by atoms with Gasteiger partial charge in [0.05, 0.1) is 6.10 Å². The Morgan fingerprint density at radius 1 is 1.32 bits per heavy atom. The lowest BCUT2D eigenvalue weighted by atomic mass is 9.61. The van der Waals surface area contributed by atoms with Gasteiger partial charge in [-0.2, -0.15) is 0 Å². The van der Waals surface area contributed by atoms with Crippen molar-refractivity contribution in [1.82, 2.24) is 10.2 Å². The molecule has 4 atom stereocenters. The summed E-state index contributed by atoms with van der Waals surface area (Å²) in [4.78, 5) is 2.53. The number of nitrogens with zero attached hydrogens (tertiary/aromatic N) is 1. The van der Waals surface area contributed by atoms with Crippen LogP contribution in [0.5, 0.6) is 0 Å². The highest BCUT2D eigenvalue weighted by Gasteiger charge is 2.50. The molecule has 0 aromatic heterocycles. The van der Waals surface area contributed by atoms with Crippen LogP contribution in [-0.4, -0.2) is 49.8 Å². The first kappa shape index (κ1) is 15.3. The predicted molar refractivity (Wildman–Crippen MR) is 80.5 cm³/mol. The minimum absolute atomic E-state index is 0.337. The first-order valence-corrected chi connectivity index (χ1v) is 8.17. The number of nitrogens with one attached hydrogen (secondary N) is 1. The standard InChI is InChI=1S/C16H32N2O/c1-5-16(3)14(11-15(16)19-6-2)17-12-13-9-7-8-10-18(13)4/h13-15,17H,5-12H2,1-4H3. The maximum Gasteiger partial charge on any atom is 0.0658 e. The average Bonchev–Trinajstić information content (AvgIpc) is 2.42. The third kappa shape index (κ3) is 3.14. The average molecular weight is 268 g/mol. The van der Waals surface area contributed by atoms with Crippen molar-refractivity contribution in [3.63, 3.8) is 0 Å². The molecule has 19 heavy (non-hydrogen) atoms. The van der Waals surface area contributed by atoms with E-state index >= 15 is 0 Å². The van der Waals surface area contributed by atoms with Crippen LogP contribution >= 0.6 is 0 Å². The Morgan fingerprint density at radius 2 is 2.11 bits per heavy atom. The van der Waals surface area contributed by atoms with Crippen LogP contribution in [0.25, 0.3) is 0 Å². The fraction of sp³-hybridized carbons (Fsp3) is 1.00. The van der Waals surface area contributed by atoms with Gasteiger partial charge in [-0.25, -0.2) is 0 Å². The smallest absolute Gasteiger partial charge is 0.0658 e. The zero-order valence-corrected chi connectivity index (χ0v) is 13.2. The molecule has 1 aliphatic heterocycles. The highest BCUT2D eigenvalue weighted by molar-refractivity contribution is 5.05. The summed E-state index contributed by atoms with van der Waals surface area (Å²) >= 11 is 0. The summed E-state index contributed by atoms with van der Waals surface area (Å²) in [7, 11) is 2.27. The van der Waals surface area contributed by atoms with Crippen molar-refractivity contribution >= 4 is 0 Å². The van der Waals surface area contributed by atoms with Crippen LogP contribution in [-0.2, 0) is 4.74 Å². The fourth-order valence-electron chi connectivity index (χ4n) is 3.75. The van der Waals surface area contributed by atoms with E-state index in [4.69, 9.17) is 4.74 Å². The van der Waals surface area contributed by atoms with Gasteiger partial charge >= 0.3 is 0 Å². The molecule has 0 bridgehead atoms. The van der Waals surface area contributed by atoms with Crippen LogP contribution in [0.1, 0.15) is 52.9 Å². The molecule has 0 radical (unpaired) electrons. The summed E-state index contributed by atoms with van der Waals surface area (Å²) in [6, 6.07) is 1.38. The van der Waals surface area contributed by atoms with Crippen LogP contribution < -0.4 is 5.32 Å². The third-order valence-electron chi connectivity index (χ3n) is 5.63. The van der Waals surface area contributed by atoms with Gasteiger partial charge in [0.1, 0.15) is 0 Å². The van der Waals surface area contributed by atoms with Crippen molar-refractivity contribution in [2.45, 2.75) is 71.1 Å². The summed E-state index contributed by atoms with van der Waals surface area (Å²) in [6.07, 6.45) is 6.98. The van der Waals surface area contributed by atoms with E-state index in [2.05, 4.69) is 38.0 Å². The summed E-state index contributed by atoms with van der Waals surface area (Å²) in [6.45, 7) is 10.1. The molecule has 0 spiro atoms. The van der Waals surface area contributed by atoms with Crippen molar-refractivity contribution in [3.8, 4) is 0 Å². The molecule has 1 saturated carbocycles. The number of likely N-dealkylation sites (N-methyl/N-ethyl adjacent to an activating group) is 1. The second-order valence-corrected chi connectivity index (χ2v) is 6.63. The van der Waals surface area contributed by atoms with Gasteiger partial charge in [-0.3, -0.25) is 0 Å². The molecule has 1 saturated heterocycles. The van der Waals surface area contributed by atoms with Crippen molar-refractivity contribution in [3.05, 3.63) is 0 Å². The highest BCUT2D eigenvalue weighted by Crippen LogP contribution is 2.45. The quantitative estimate of drug-likeness (QED) is 0.801. The fourth-order valence-corrected chi connectivity index (χ4v) is 3.75. The van der Waals surface area contributed by atoms with Crippen LogP contribution in [0.4, 0.5) is 0 Å². The van der Waals surface area contributed by atoms with Crippen LogP contribution in [0.2, 0.25) is 0 Å². The van der Waals surface area contributed by atoms with Crippen LogP contribution in [0.3, 0.4) is 0 Å². The number of piperidine rings is 1. The second-order valence-electron chi connectivity index (χ2n) is 6.63. The minimum atomic E-state index is 0.337. The Morgan fingerprint density at radius 3 is 2.74 bits per heavy atom. The maximum atomic E-state index is 5.88. The molecule has 3 heteroatoms. The number of hydrogen-bond acceptors (Lipinski definition) is 3. The predicted octanol–water partition coefficient (Wildman–Crippen LogP) is 2.65. The van der Waals surface area contributed by atoms with Crippen molar-refractivity contribution in [2.24, 2.45) is 5.41 Å². The van der Waals surface area contributed by atoms with E-state index in [0.717, 1.165) is 19.2 Å². The van der Waals surface area contributed by atoms with E-state index in [0.29, 0.717) is 17.6 Å². The highest BCUT2D eigenvalue weighted by atomic mass is 16.5. The molecule has 112 valence electrons. The molecule has 0 aromatic carbocycles. The lowest BCUT2D eigenvalue weighted by molar-refractivity contribution is -0.126. The minimum Gasteiger partial charge on any atom is -0.378 e. The van der Waals surface area contributed by atoms with E-state index in [1.165, 1.54) is 38.6 Å². The van der Waals surface area contributed by atoms with Gasteiger partial charge in [0.25, 0.3) is 0 Å². The SMILES string of the molecule is CCOC1CC(NCC2CCCCN2C)C1(C)CC. The lowest BCUT2D eigenvalue weighted by Gasteiger charge is -2.54. The third-order valence-corrected chi connectivity index (χ3v) is 5.63. The van der Waals surface area contributed by atoms with E-state index in [9.17, 15) is 0 Å². The molecular weight excluding hydrogens is 236 g/mol. The number of rotatable bonds is 6. The summed E-state index contributed by atoms with van der Waals surface area (Å²) in [5.41, 5.74) is 0.337. The normalized spacial score (nSPS) is 40.1. The van der Waals surface area contributed by atoms with E-state index < -0.39 is 0 Å². The van der Waals surface area contributed by atoms with Gasteiger partial charge in [0, 0.05) is 30.7 Å². The van der Waals surface area contributed by atoms with E-state index in [-0.39, 0.29) is 0 Å². The number of ether oxygens (including phenoxy) is 1. The van der Waals surface area contributed by atoms with Crippen LogP contribution in [0, 0.1) is 5.41 Å². The van der Waals surface area contributed by atoms with Crippen molar-refractivity contribution in [1.29, 1.82) is 0 Å². The molecule has 2 fully saturated rings. The molecule has 1 heterocycles. The first-order chi connectivity index (χ1) is 9.11. The van der Waals surface area contributed by atoms with Crippen molar-refractivity contribution < 1.29 is 4.74 Å². The van der Waals surface area contributed by atoms with Gasteiger partial charge in [-0.1, -0.05) is 20.3 Å². The molecule has 4 unspecified atom stereocenters. The molecule has 1 aliphatic carbocycles. The Kier molecular flexibility index (Phi) is 5.27.